The van der Waals surface area contributed by atoms with Crippen molar-refractivity contribution >= 4 is 11.4 Å². The SMILES string of the molecule is CCC(CC)Nc1cc(C#N)ccc1[N+](=O)[O-]. The van der Waals surface area contributed by atoms with Crippen molar-refractivity contribution in [3.8, 4) is 6.07 Å². The molecule has 1 rings (SSSR count). The summed E-state index contributed by atoms with van der Waals surface area (Å²) < 4.78 is 0. The van der Waals surface area contributed by atoms with Crippen LogP contribution in [-0.2, 0) is 0 Å². The van der Waals surface area contributed by atoms with Crippen LogP contribution < -0.4 is 5.32 Å². The average molecular weight is 233 g/mol. The number of nitro groups is 1. The van der Waals surface area contributed by atoms with E-state index in [1.165, 1.54) is 18.2 Å². The molecular weight excluding hydrogens is 218 g/mol. The Morgan fingerprint density at radius 1 is 1.47 bits per heavy atom. The van der Waals surface area contributed by atoms with Crippen LogP contribution in [0.25, 0.3) is 0 Å². The van der Waals surface area contributed by atoms with Gasteiger partial charge in [0.15, 0.2) is 0 Å². The zero-order valence-electron chi connectivity index (χ0n) is 9.93. The second-order valence-corrected chi connectivity index (χ2v) is 3.76. The normalized spacial score (nSPS) is 10.0. The lowest BCUT2D eigenvalue weighted by molar-refractivity contribution is -0.384. The number of hydrogen-bond donors (Lipinski definition) is 1. The monoisotopic (exact) mass is 233 g/mol. The minimum Gasteiger partial charge on any atom is -0.377 e. The number of nitro benzene ring substituents is 1. The highest BCUT2D eigenvalue weighted by Gasteiger charge is 2.16. The van der Waals surface area contributed by atoms with E-state index < -0.39 is 4.92 Å². The van der Waals surface area contributed by atoms with Crippen molar-refractivity contribution < 1.29 is 4.92 Å². The molecule has 0 spiro atoms. The van der Waals surface area contributed by atoms with E-state index in [9.17, 15) is 10.1 Å². The Kier molecular flexibility index (Phi) is 4.46. The Bertz CT molecular complexity index is 448. The van der Waals surface area contributed by atoms with E-state index in [1.807, 2.05) is 19.9 Å². The molecule has 90 valence electrons. The van der Waals surface area contributed by atoms with E-state index in [-0.39, 0.29) is 11.7 Å². The Morgan fingerprint density at radius 2 is 2.12 bits per heavy atom. The van der Waals surface area contributed by atoms with E-state index in [2.05, 4.69) is 5.32 Å². The molecule has 0 saturated carbocycles. The van der Waals surface area contributed by atoms with Crippen LogP contribution in [0.4, 0.5) is 11.4 Å². The Morgan fingerprint density at radius 3 is 2.59 bits per heavy atom. The zero-order valence-corrected chi connectivity index (χ0v) is 9.93. The molecule has 0 bridgehead atoms. The number of rotatable bonds is 5. The maximum absolute atomic E-state index is 10.9. The van der Waals surface area contributed by atoms with Crippen LogP contribution in [0.1, 0.15) is 32.3 Å². The molecular formula is C12H15N3O2. The zero-order chi connectivity index (χ0) is 12.8. The second-order valence-electron chi connectivity index (χ2n) is 3.76. The highest BCUT2D eigenvalue weighted by molar-refractivity contribution is 5.64. The van der Waals surface area contributed by atoms with Gasteiger partial charge in [-0.05, 0) is 25.0 Å². The van der Waals surface area contributed by atoms with Gasteiger partial charge in [-0.25, -0.2) is 0 Å². The summed E-state index contributed by atoms with van der Waals surface area (Å²) in [6, 6.07) is 6.51. The Balaban J connectivity index is 3.09. The van der Waals surface area contributed by atoms with E-state index >= 15 is 0 Å². The molecule has 17 heavy (non-hydrogen) atoms. The Labute approximate surface area is 100 Å². The van der Waals surface area contributed by atoms with E-state index in [0.29, 0.717) is 11.3 Å². The molecule has 0 aliphatic carbocycles. The summed E-state index contributed by atoms with van der Waals surface area (Å²) in [6.07, 6.45) is 1.76. The maximum Gasteiger partial charge on any atom is 0.292 e. The van der Waals surface area contributed by atoms with Gasteiger partial charge in [0.05, 0.1) is 16.6 Å². The third kappa shape index (κ3) is 3.18. The molecule has 1 aromatic rings. The number of hydrogen-bond acceptors (Lipinski definition) is 4. The van der Waals surface area contributed by atoms with Crippen LogP contribution in [0.2, 0.25) is 0 Å². The number of nitriles is 1. The van der Waals surface area contributed by atoms with Crippen molar-refractivity contribution in [2.24, 2.45) is 0 Å². The van der Waals surface area contributed by atoms with Gasteiger partial charge in [0.2, 0.25) is 0 Å². The van der Waals surface area contributed by atoms with Crippen LogP contribution >= 0.6 is 0 Å². The molecule has 0 aliphatic heterocycles. The molecule has 0 aliphatic rings. The molecule has 0 heterocycles. The van der Waals surface area contributed by atoms with Gasteiger partial charge in [-0.1, -0.05) is 13.8 Å². The molecule has 0 amide bonds. The first-order valence-electron chi connectivity index (χ1n) is 5.57. The molecule has 0 saturated heterocycles. The van der Waals surface area contributed by atoms with E-state index in [1.54, 1.807) is 0 Å². The number of benzene rings is 1. The first-order chi connectivity index (χ1) is 8.12. The lowest BCUT2D eigenvalue weighted by Gasteiger charge is -2.16. The predicted octanol–water partition coefficient (Wildman–Crippen LogP) is 3.07. The van der Waals surface area contributed by atoms with Gasteiger partial charge >= 0.3 is 0 Å². The highest BCUT2D eigenvalue weighted by atomic mass is 16.6. The first-order valence-corrected chi connectivity index (χ1v) is 5.57. The van der Waals surface area contributed by atoms with Gasteiger partial charge in [0.1, 0.15) is 5.69 Å². The van der Waals surface area contributed by atoms with E-state index in [4.69, 9.17) is 5.26 Å². The molecule has 1 N–H and O–H groups in total. The fourth-order valence-corrected chi connectivity index (χ4v) is 1.59. The topological polar surface area (TPSA) is 79.0 Å². The molecule has 0 fully saturated rings. The molecule has 1 aromatic carbocycles. The van der Waals surface area contributed by atoms with Crippen molar-refractivity contribution in [1.82, 2.24) is 0 Å². The van der Waals surface area contributed by atoms with Crippen LogP contribution in [0.5, 0.6) is 0 Å². The van der Waals surface area contributed by atoms with Gasteiger partial charge in [0.25, 0.3) is 5.69 Å². The maximum atomic E-state index is 10.9. The fourth-order valence-electron chi connectivity index (χ4n) is 1.59. The third-order valence-corrected chi connectivity index (χ3v) is 2.67. The summed E-state index contributed by atoms with van der Waals surface area (Å²) in [5.41, 5.74) is 0.850. The molecule has 0 aromatic heterocycles. The molecule has 0 radical (unpaired) electrons. The van der Waals surface area contributed by atoms with Gasteiger partial charge < -0.3 is 5.32 Å². The lowest BCUT2D eigenvalue weighted by atomic mass is 10.1. The minimum absolute atomic E-state index is 0.0101. The summed E-state index contributed by atoms with van der Waals surface area (Å²) in [7, 11) is 0. The van der Waals surface area contributed by atoms with Crippen molar-refractivity contribution in [1.29, 1.82) is 5.26 Å². The van der Waals surface area contributed by atoms with Crippen molar-refractivity contribution in [3.05, 3.63) is 33.9 Å². The van der Waals surface area contributed by atoms with Crippen molar-refractivity contribution in [3.63, 3.8) is 0 Å². The predicted molar refractivity (Wildman–Crippen MR) is 65.8 cm³/mol. The highest BCUT2D eigenvalue weighted by Crippen LogP contribution is 2.26. The van der Waals surface area contributed by atoms with Gasteiger partial charge in [-0.3, -0.25) is 10.1 Å². The fraction of sp³-hybridized carbons (Fsp3) is 0.417. The third-order valence-electron chi connectivity index (χ3n) is 2.67. The van der Waals surface area contributed by atoms with Crippen LogP contribution in [0, 0.1) is 21.4 Å². The molecule has 0 atom stereocenters. The second kappa shape index (κ2) is 5.85. The number of anilines is 1. The standard InChI is InChI=1S/C12H15N3O2/c1-3-10(4-2)14-11-7-9(8-13)5-6-12(11)15(16)17/h5-7,10,14H,3-4H2,1-2H3. The van der Waals surface area contributed by atoms with Crippen LogP contribution in [-0.4, -0.2) is 11.0 Å². The quantitative estimate of drug-likeness (QED) is 0.626. The van der Waals surface area contributed by atoms with Gasteiger partial charge in [0, 0.05) is 12.1 Å². The first kappa shape index (κ1) is 13.0. The summed E-state index contributed by atoms with van der Waals surface area (Å²) in [4.78, 5) is 10.4. The molecule has 5 nitrogen and oxygen atoms in total. The van der Waals surface area contributed by atoms with Crippen molar-refractivity contribution in [2.75, 3.05) is 5.32 Å². The number of nitrogens with zero attached hydrogens (tertiary/aromatic N) is 2. The van der Waals surface area contributed by atoms with Gasteiger partial charge in [-0.15, -0.1) is 0 Å². The van der Waals surface area contributed by atoms with Crippen LogP contribution in [0.15, 0.2) is 18.2 Å². The minimum atomic E-state index is -0.439. The summed E-state index contributed by atoms with van der Waals surface area (Å²) in [5, 5.41) is 22.8. The van der Waals surface area contributed by atoms with Crippen LogP contribution in [0.3, 0.4) is 0 Å². The molecule has 5 heteroatoms. The largest absolute Gasteiger partial charge is 0.377 e. The average Bonchev–Trinajstić information content (AvgIpc) is 2.35. The lowest BCUT2D eigenvalue weighted by Crippen LogP contribution is -2.17. The van der Waals surface area contributed by atoms with Gasteiger partial charge in [-0.2, -0.15) is 5.26 Å². The smallest absolute Gasteiger partial charge is 0.292 e. The van der Waals surface area contributed by atoms with E-state index in [0.717, 1.165) is 12.8 Å². The number of nitrogens with one attached hydrogen (secondary N) is 1. The van der Waals surface area contributed by atoms with Crippen molar-refractivity contribution in [2.45, 2.75) is 32.7 Å². The Hall–Kier alpha value is -2.09. The summed E-state index contributed by atoms with van der Waals surface area (Å²) in [6.45, 7) is 4.03. The molecule has 0 unspecified atom stereocenters. The summed E-state index contributed by atoms with van der Waals surface area (Å²) >= 11 is 0. The summed E-state index contributed by atoms with van der Waals surface area (Å²) in [5.74, 6) is 0.